The third-order valence-electron chi connectivity index (χ3n) is 8.02. The van der Waals surface area contributed by atoms with Crippen molar-refractivity contribution in [3.8, 4) is 0 Å². The first kappa shape index (κ1) is 27.7. The Hall–Kier alpha value is -2.31. The highest BCUT2D eigenvalue weighted by atomic mass is 19.1. The SMILES string of the molecule is CCCCCCCCCC(=O)OCCN1CCN(C2CC(c3ccc(F)cc3)c3ccc(F)cc32)CC1. The molecule has 4 nitrogen and oxygen atoms in total. The van der Waals surface area contributed by atoms with E-state index in [1.54, 1.807) is 6.07 Å². The van der Waals surface area contributed by atoms with Gasteiger partial charge in [-0.25, -0.2) is 8.78 Å². The first-order chi connectivity index (χ1) is 18.0. The van der Waals surface area contributed by atoms with Gasteiger partial charge in [0.05, 0.1) is 0 Å². The number of fused-ring (bicyclic) bond motifs is 1. The van der Waals surface area contributed by atoms with Crippen LogP contribution in [0.2, 0.25) is 0 Å². The first-order valence-corrected chi connectivity index (χ1v) is 14.2. The fourth-order valence-corrected chi connectivity index (χ4v) is 5.87. The summed E-state index contributed by atoms with van der Waals surface area (Å²) >= 11 is 0. The van der Waals surface area contributed by atoms with Gasteiger partial charge in [-0.05, 0) is 53.8 Å². The molecule has 1 saturated heterocycles. The Balaban J connectivity index is 1.20. The van der Waals surface area contributed by atoms with Crippen LogP contribution in [-0.2, 0) is 9.53 Å². The zero-order valence-corrected chi connectivity index (χ0v) is 22.3. The van der Waals surface area contributed by atoms with Crippen LogP contribution in [0.25, 0.3) is 0 Å². The topological polar surface area (TPSA) is 32.8 Å². The molecule has 0 aromatic heterocycles. The second kappa shape index (κ2) is 14.0. The second-order valence-corrected chi connectivity index (χ2v) is 10.6. The number of ether oxygens (including phenoxy) is 1. The van der Waals surface area contributed by atoms with Gasteiger partial charge in [-0.2, -0.15) is 0 Å². The second-order valence-electron chi connectivity index (χ2n) is 10.6. The average Bonchev–Trinajstić information content (AvgIpc) is 3.27. The number of piperazine rings is 1. The van der Waals surface area contributed by atoms with Gasteiger partial charge in [0.25, 0.3) is 0 Å². The summed E-state index contributed by atoms with van der Waals surface area (Å²) in [6, 6.07) is 12.0. The molecule has 2 unspecified atom stereocenters. The molecular formula is C31H42F2N2O2. The lowest BCUT2D eigenvalue weighted by Crippen LogP contribution is -2.48. The van der Waals surface area contributed by atoms with E-state index in [9.17, 15) is 13.6 Å². The number of benzene rings is 2. The summed E-state index contributed by atoms with van der Waals surface area (Å²) < 4.78 is 33.2. The van der Waals surface area contributed by atoms with Gasteiger partial charge in [0.15, 0.2) is 0 Å². The molecule has 2 aromatic rings. The van der Waals surface area contributed by atoms with Crippen LogP contribution in [0, 0.1) is 11.6 Å². The third-order valence-corrected chi connectivity index (χ3v) is 8.02. The maximum atomic E-state index is 14.2. The zero-order chi connectivity index (χ0) is 26.0. The first-order valence-electron chi connectivity index (χ1n) is 14.2. The fraction of sp³-hybridized carbons (Fsp3) is 0.581. The molecular weight excluding hydrogens is 470 g/mol. The number of halogens is 2. The van der Waals surface area contributed by atoms with Gasteiger partial charge in [-0.3, -0.25) is 14.6 Å². The van der Waals surface area contributed by atoms with Gasteiger partial charge in [-0.15, -0.1) is 0 Å². The van der Waals surface area contributed by atoms with Crippen LogP contribution in [0.1, 0.15) is 93.4 Å². The van der Waals surface area contributed by atoms with Crippen molar-refractivity contribution in [2.45, 2.75) is 76.7 Å². The van der Waals surface area contributed by atoms with Gasteiger partial charge >= 0.3 is 5.97 Å². The summed E-state index contributed by atoms with van der Waals surface area (Å²) in [5, 5.41) is 0. The molecule has 1 aliphatic carbocycles. The van der Waals surface area contributed by atoms with Crippen molar-refractivity contribution in [2.24, 2.45) is 0 Å². The van der Waals surface area contributed by atoms with Gasteiger partial charge in [0.2, 0.25) is 0 Å². The maximum absolute atomic E-state index is 14.2. The maximum Gasteiger partial charge on any atom is 0.305 e. The van der Waals surface area contributed by atoms with E-state index in [1.165, 1.54) is 50.3 Å². The molecule has 4 rings (SSSR count). The molecule has 0 N–H and O–H groups in total. The van der Waals surface area contributed by atoms with E-state index in [-0.39, 0.29) is 29.6 Å². The summed E-state index contributed by atoms with van der Waals surface area (Å²) in [6.07, 6.45) is 9.77. The van der Waals surface area contributed by atoms with Crippen molar-refractivity contribution in [2.75, 3.05) is 39.3 Å². The Labute approximate surface area is 221 Å². The molecule has 202 valence electrons. The molecule has 6 heteroatoms. The van der Waals surface area contributed by atoms with Crippen LogP contribution in [0.15, 0.2) is 42.5 Å². The van der Waals surface area contributed by atoms with Crippen molar-refractivity contribution in [3.05, 3.63) is 70.8 Å². The molecule has 0 radical (unpaired) electrons. The molecule has 1 aliphatic heterocycles. The number of hydrogen-bond donors (Lipinski definition) is 0. The Morgan fingerprint density at radius 1 is 0.865 bits per heavy atom. The number of carbonyl (C=O) groups is 1. The summed E-state index contributed by atoms with van der Waals surface area (Å²) in [7, 11) is 0. The predicted molar refractivity (Wildman–Crippen MR) is 144 cm³/mol. The smallest absolute Gasteiger partial charge is 0.305 e. The van der Waals surface area contributed by atoms with Crippen molar-refractivity contribution in [1.29, 1.82) is 0 Å². The standard InChI is InChI=1S/C31H42F2N2O2/c1-2-3-4-5-6-7-8-9-31(36)37-21-20-34-16-18-35(19-17-34)30-23-28(24-10-12-25(32)13-11-24)27-15-14-26(33)22-29(27)30/h10-15,22,28,30H,2-9,16-21,23H2,1H3. The summed E-state index contributed by atoms with van der Waals surface area (Å²) in [4.78, 5) is 16.8. The fourth-order valence-electron chi connectivity index (χ4n) is 5.87. The summed E-state index contributed by atoms with van der Waals surface area (Å²) in [5.74, 6) is -0.378. The van der Waals surface area contributed by atoms with Crippen LogP contribution in [-0.4, -0.2) is 55.1 Å². The average molecular weight is 513 g/mol. The van der Waals surface area contributed by atoms with Crippen LogP contribution >= 0.6 is 0 Å². The van der Waals surface area contributed by atoms with E-state index < -0.39 is 0 Å². The number of carbonyl (C=O) groups excluding carboxylic acids is 1. The summed E-state index contributed by atoms with van der Waals surface area (Å²) in [6.45, 7) is 7.00. The van der Waals surface area contributed by atoms with Crippen LogP contribution in [0.5, 0.6) is 0 Å². The third kappa shape index (κ3) is 7.84. The minimum absolute atomic E-state index is 0.0800. The molecule has 2 aromatic carbocycles. The molecule has 0 saturated carbocycles. The molecule has 1 fully saturated rings. The highest BCUT2D eigenvalue weighted by molar-refractivity contribution is 5.69. The Kier molecular flexibility index (Phi) is 10.5. The Morgan fingerprint density at radius 2 is 1.54 bits per heavy atom. The molecule has 37 heavy (non-hydrogen) atoms. The molecule has 2 aliphatic rings. The van der Waals surface area contributed by atoms with Crippen molar-refractivity contribution in [3.63, 3.8) is 0 Å². The largest absolute Gasteiger partial charge is 0.464 e. The van der Waals surface area contributed by atoms with E-state index in [4.69, 9.17) is 4.74 Å². The summed E-state index contributed by atoms with van der Waals surface area (Å²) in [5.41, 5.74) is 3.28. The minimum Gasteiger partial charge on any atom is -0.464 e. The number of unbranched alkanes of at least 4 members (excludes halogenated alkanes) is 6. The highest BCUT2D eigenvalue weighted by Gasteiger charge is 2.36. The van der Waals surface area contributed by atoms with E-state index in [0.29, 0.717) is 13.0 Å². The predicted octanol–water partition coefficient (Wildman–Crippen LogP) is 6.84. The molecule has 2 atom stereocenters. The van der Waals surface area contributed by atoms with Crippen molar-refractivity contribution in [1.82, 2.24) is 9.80 Å². The van der Waals surface area contributed by atoms with Crippen molar-refractivity contribution >= 4 is 5.97 Å². The van der Waals surface area contributed by atoms with Crippen molar-refractivity contribution < 1.29 is 18.3 Å². The van der Waals surface area contributed by atoms with Gasteiger partial charge in [0, 0.05) is 51.1 Å². The Morgan fingerprint density at radius 3 is 2.27 bits per heavy atom. The molecule has 0 bridgehead atoms. The van der Waals surface area contributed by atoms with Crippen LogP contribution < -0.4 is 0 Å². The van der Waals surface area contributed by atoms with E-state index in [2.05, 4.69) is 16.7 Å². The number of rotatable bonds is 13. The highest BCUT2D eigenvalue weighted by Crippen LogP contribution is 2.47. The van der Waals surface area contributed by atoms with E-state index >= 15 is 0 Å². The van der Waals surface area contributed by atoms with Crippen LogP contribution in [0.4, 0.5) is 8.78 Å². The number of esters is 1. The lowest BCUT2D eigenvalue weighted by Gasteiger charge is -2.38. The van der Waals surface area contributed by atoms with Gasteiger partial charge in [0.1, 0.15) is 18.2 Å². The van der Waals surface area contributed by atoms with E-state index in [1.807, 2.05) is 18.2 Å². The normalized spacial score (nSPS) is 20.2. The lowest BCUT2D eigenvalue weighted by molar-refractivity contribution is -0.144. The van der Waals surface area contributed by atoms with Gasteiger partial charge in [-0.1, -0.05) is 63.6 Å². The Bertz CT molecular complexity index is 989. The molecule has 0 spiro atoms. The molecule has 1 heterocycles. The van der Waals surface area contributed by atoms with Crippen LogP contribution in [0.3, 0.4) is 0 Å². The molecule has 0 amide bonds. The van der Waals surface area contributed by atoms with E-state index in [0.717, 1.165) is 68.7 Å². The minimum atomic E-state index is -0.239. The number of hydrogen-bond acceptors (Lipinski definition) is 4. The van der Waals surface area contributed by atoms with Gasteiger partial charge < -0.3 is 4.74 Å². The lowest BCUT2D eigenvalue weighted by atomic mass is 9.93. The quantitative estimate of drug-likeness (QED) is 0.217. The zero-order valence-electron chi connectivity index (χ0n) is 22.3. The monoisotopic (exact) mass is 512 g/mol. The number of nitrogens with zero attached hydrogens (tertiary/aromatic N) is 2.